The highest BCUT2D eigenvalue weighted by Gasteiger charge is 2.47. The highest BCUT2D eigenvalue weighted by molar-refractivity contribution is 6.93. The lowest BCUT2D eigenvalue weighted by Gasteiger charge is -2.42. The summed E-state index contributed by atoms with van der Waals surface area (Å²) in [4.78, 5) is 2.67. The van der Waals surface area contributed by atoms with Crippen LogP contribution in [0.15, 0.2) is 142 Å². The predicted molar refractivity (Wildman–Crippen MR) is 274 cm³/mol. The minimum Gasteiger partial charge on any atom is -0.456 e. The molecule has 0 unspecified atom stereocenters. The van der Waals surface area contributed by atoms with Gasteiger partial charge in [0.1, 0.15) is 22.3 Å². The van der Waals surface area contributed by atoms with E-state index in [1.165, 1.54) is 99.9 Å². The molecule has 0 spiro atoms. The van der Waals surface area contributed by atoms with Gasteiger partial charge in [-0.25, -0.2) is 0 Å². The maximum absolute atomic E-state index is 6.82. The fourth-order valence-electron chi connectivity index (χ4n) is 12.2. The summed E-state index contributed by atoms with van der Waals surface area (Å²) in [5.74, 6) is 0. The van der Waals surface area contributed by atoms with Crippen molar-refractivity contribution < 1.29 is 8.83 Å². The lowest BCUT2D eigenvalue weighted by molar-refractivity contribution is 0.590. The van der Waals surface area contributed by atoms with Crippen LogP contribution >= 0.6 is 0 Å². The van der Waals surface area contributed by atoms with E-state index in [9.17, 15) is 0 Å². The van der Waals surface area contributed by atoms with Crippen LogP contribution in [0.5, 0.6) is 0 Å². The van der Waals surface area contributed by atoms with Gasteiger partial charge in [0.2, 0.25) is 0 Å². The second-order valence-corrected chi connectivity index (χ2v) is 21.8. The highest BCUT2D eigenvalue weighted by atomic mass is 16.3. The summed E-state index contributed by atoms with van der Waals surface area (Å²) in [7, 11) is 0. The van der Waals surface area contributed by atoms with Crippen LogP contribution in [0.2, 0.25) is 0 Å². The summed E-state index contributed by atoms with van der Waals surface area (Å²) in [5, 5.41) is 7.09. The predicted octanol–water partition coefficient (Wildman–Crippen LogP) is 15.0. The van der Waals surface area contributed by atoms with Crippen LogP contribution in [0.3, 0.4) is 0 Å². The van der Waals surface area contributed by atoms with E-state index < -0.39 is 0 Å². The molecule has 5 heteroatoms. The van der Waals surface area contributed by atoms with E-state index in [0.717, 1.165) is 43.9 Å². The summed E-state index contributed by atoms with van der Waals surface area (Å²) in [6.45, 7) is 20.8. The van der Waals surface area contributed by atoms with E-state index in [0.29, 0.717) is 0 Å². The molecule has 0 bridgehead atoms. The second-order valence-electron chi connectivity index (χ2n) is 21.8. The Balaban J connectivity index is 1.16. The number of aryl methyl sites for hydroxylation is 1. The Morgan fingerprint density at radius 2 is 1.18 bits per heavy atom. The van der Waals surface area contributed by atoms with Crippen molar-refractivity contribution >= 4 is 94.8 Å². The molecule has 0 fully saturated rings. The van der Waals surface area contributed by atoms with E-state index in [1.54, 1.807) is 0 Å². The third kappa shape index (κ3) is 4.78. The standard InChI is InChI=1S/C60H49BN2O2/c1-32-24-43-39-29-53-42(40-25-34(59(5,6)7)20-23-52(40)65-53)28-49(39)63(35-21-18-33(19-22-35)58(2,3)4)61-47-26-38-36-14-10-12-16-45(36)60(8,9)46(38)31-50(47)62-48-27-41-37-15-11-13-17-51(37)64-54(41)30-44(48)55(32)57(62)56(43)61/h10-31H,1-9H3. The molecule has 1 aliphatic carbocycles. The monoisotopic (exact) mass is 840 g/mol. The SMILES string of the molecule is Cc1cc2c3c4c1c1cc5oc6ccccc6c5cc1n4-c1cc4c(cc1B3N(c1ccc(C(C)(C)C)cc1)c1cc3c(cc1-2)oc1ccc(C(C)(C)C)cc13)-c1ccccc1C4(C)C. The van der Waals surface area contributed by atoms with Crippen LogP contribution in [0, 0.1) is 6.92 Å². The molecule has 2 aliphatic heterocycles. The Kier molecular flexibility index (Phi) is 6.92. The number of furan rings is 2. The quantitative estimate of drug-likeness (QED) is 0.154. The van der Waals surface area contributed by atoms with E-state index in [-0.39, 0.29) is 23.1 Å². The lowest BCUT2D eigenvalue weighted by Crippen LogP contribution is -2.60. The van der Waals surface area contributed by atoms with Gasteiger partial charge in [0.25, 0.3) is 0 Å². The van der Waals surface area contributed by atoms with Crippen LogP contribution in [0.25, 0.3) is 93.6 Å². The molecule has 0 saturated carbocycles. The number of rotatable bonds is 1. The van der Waals surface area contributed by atoms with Gasteiger partial charge in [0, 0.05) is 60.4 Å². The fourth-order valence-corrected chi connectivity index (χ4v) is 12.2. The molecule has 65 heavy (non-hydrogen) atoms. The van der Waals surface area contributed by atoms with Crippen molar-refractivity contribution in [3.05, 3.63) is 161 Å². The van der Waals surface area contributed by atoms with Crippen molar-refractivity contribution in [1.29, 1.82) is 0 Å². The van der Waals surface area contributed by atoms with Crippen LogP contribution in [0.4, 0.5) is 11.4 Å². The summed E-state index contributed by atoms with van der Waals surface area (Å²) in [5.41, 5.74) is 24.0. The number of benzene rings is 8. The first-order chi connectivity index (χ1) is 31.1. The fraction of sp³-hybridized carbons (Fsp3) is 0.200. The molecule has 5 heterocycles. The van der Waals surface area contributed by atoms with Crippen molar-refractivity contribution in [2.45, 2.75) is 78.6 Å². The third-order valence-electron chi connectivity index (χ3n) is 15.6. The molecule has 3 aliphatic rings. The number of aromatic nitrogens is 1. The van der Waals surface area contributed by atoms with Crippen molar-refractivity contribution in [3.8, 4) is 27.9 Å². The maximum atomic E-state index is 6.82. The zero-order chi connectivity index (χ0) is 44.2. The molecule has 8 aromatic carbocycles. The first-order valence-electron chi connectivity index (χ1n) is 23.3. The van der Waals surface area contributed by atoms with Gasteiger partial charge in [-0.1, -0.05) is 128 Å². The van der Waals surface area contributed by atoms with Crippen LogP contribution in [-0.2, 0) is 16.2 Å². The Morgan fingerprint density at radius 1 is 0.508 bits per heavy atom. The molecule has 14 rings (SSSR count). The Bertz CT molecular complexity index is 3950. The Hall–Kier alpha value is -6.98. The van der Waals surface area contributed by atoms with E-state index >= 15 is 0 Å². The van der Waals surface area contributed by atoms with Crippen molar-refractivity contribution in [1.82, 2.24) is 4.57 Å². The summed E-state index contributed by atoms with van der Waals surface area (Å²) < 4.78 is 16.1. The largest absolute Gasteiger partial charge is 0.456 e. The van der Waals surface area contributed by atoms with Gasteiger partial charge < -0.3 is 18.2 Å². The average molecular weight is 841 g/mol. The number of para-hydroxylation sites is 1. The highest BCUT2D eigenvalue weighted by Crippen LogP contribution is 2.53. The van der Waals surface area contributed by atoms with Gasteiger partial charge in [-0.3, -0.25) is 0 Å². The van der Waals surface area contributed by atoms with Crippen LogP contribution < -0.4 is 15.7 Å². The van der Waals surface area contributed by atoms with Gasteiger partial charge in [0.05, 0.1) is 11.0 Å². The molecular weight excluding hydrogens is 791 g/mol. The molecule has 314 valence electrons. The lowest BCUT2D eigenvalue weighted by atomic mass is 9.43. The molecule has 4 nitrogen and oxygen atoms in total. The van der Waals surface area contributed by atoms with Gasteiger partial charge in [-0.05, 0) is 134 Å². The smallest absolute Gasteiger partial charge is 0.333 e. The molecule has 0 N–H and O–H groups in total. The Labute approximate surface area is 379 Å². The number of anilines is 2. The molecular formula is C60H49BN2O2. The minimum atomic E-state index is -0.170. The first kappa shape index (κ1) is 37.4. The topological polar surface area (TPSA) is 34.5 Å². The van der Waals surface area contributed by atoms with Crippen LogP contribution in [-0.4, -0.2) is 11.4 Å². The summed E-state index contributed by atoms with van der Waals surface area (Å²) >= 11 is 0. The number of nitrogens with zero attached hydrogens (tertiary/aromatic N) is 2. The van der Waals surface area contributed by atoms with Crippen molar-refractivity contribution in [3.63, 3.8) is 0 Å². The normalized spacial score (nSPS) is 14.9. The molecule has 0 atom stereocenters. The summed E-state index contributed by atoms with van der Waals surface area (Å²) in [6.07, 6.45) is 0. The van der Waals surface area contributed by atoms with Gasteiger partial charge in [-0.2, -0.15) is 0 Å². The minimum absolute atomic E-state index is 0.00201. The zero-order valence-electron chi connectivity index (χ0n) is 38.5. The molecule has 0 saturated heterocycles. The zero-order valence-corrected chi connectivity index (χ0v) is 38.5. The van der Waals surface area contributed by atoms with E-state index in [2.05, 4.69) is 205 Å². The number of hydrogen-bond acceptors (Lipinski definition) is 3. The summed E-state index contributed by atoms with van der Waals surface area (Å²) in [6, 6.07) is 50.8. The second kappa shape index (κ2) is 12.0. The molecule has 11 aromatic rings. The van der Waals surface area contributed by atoms with E-state index in [1.807, 2.05) is 0 Å². The first-order valence-corrected chi connectivity index (χ1v) is 23.3. The van der Waals surface area contributed by atoms with Gasteiger partial charge >= 0.3 is 6.85 Å². The Morgan fingerprint density at radius 3 is 1.97 bits per heavy atom. The average Bonchev–Trinajstić information content (AvgIpc) is 4.00. The van der Waals surface area contributed by atoms with Crippen molar-refractivity contribution in [2.24, 2.45) is 0 Å². The van der Waals surface area contributed by atoms with Gasteiger partial charge in [-0.15, -0.1) is 0 Å². The number of hydrogen-bond donors (Lipinski definition) is 0. The molecule has 3 aromatic heterocycles. The maximum Gasteiger partial charge on any atom is 0.333 e. The molecule has 0 amide bonds. The van der Waals surface area contributed by atoms with Gasteiger partial charge in [0.15, 0.2) is 0 Å². The third-order valence-corrected chi connectivity index (χ3v) is 15.6. The molecule has 0 radical (unpaired) electrons. The number of fused-ring (bicyclic) bond motifs is 17. The van der Waals surface area contributed by atoms with Crippen LogP contribution in [0.1, 0.15) is 83.2 Å². The van der Waals surface area contributed by atoms with Crippen molar-refractivity contribution in [2.75, 3.05) is 4.81 Å². The van der Waals surface area contributed by atoms with E-state index in [4.69, 9.17) is 8.83 Å².